The Balaban J connectivity index is 2.66. The number of carbonyl (C=O) groups excluding carboxylic acids is 2. The van der Waals surface area contributed by atoms with Crippen molar-refractivity contribution in [1.29, 1.82) is 0 Å². The number of alkyl halides is 1. The molecule has 1 saturated carbocycles. The molecule has 1 rings (SSSR count). The minimum Gasteiger partial charge on any atom is -0.299 e. The number of rotatable bonds is 3. The minimum absolute atomic E-state index is 0.0950. The first kappa shape index (κ1) is 9.72. The highest BCUT2D eigenvalue weighted by Crippen LogP contribution is 2.35. The lowest BCUT2D eigenvalue weighted by Crippen LogP contribution is -2.29. The predicted molar refractivity (Wildman–Crippen MR) is 47.3 cm³/mol. The zero-order valence-electron chi connectivity index (χ0n) is 7.23. The largest absolute Gasteiger partial charge is 0.299 e. The Hall–Kier alpha value is -0.370. The highest BCUT2D eigenvalue weighted by Gasteiger charge is 2.44. The van der Waals surface area contributed by atoms with Gasteiger partial charge in [-0.2, -0.15) is 0 Å². The topological polar surface area (TPSA) is 34.1 Å². The minimum atomic E-state index is -0.700. The average molecular weight is 189 g/mol. The molecule has 0 atom stereocenters. The molecule has 1 aliphatic carbocycles. The maximum absolute atomic E-state index is 11.3. The summed E-state index contributed by atoms with van der Waals surface area (Å²) in [6, 6.07) is 0. The van der Waals surface area contributed by atoms with Crippen molar-refractivity contribution in [3.8, 4) is 0 Å². The third kappa shape index (κ3) is 1.53. The highest BCUT2D eigenvalue weighted by molar-refractivity contribution is 6.18. The summed E-state index contributed by atoms with van der Waals surface area (Å²) in [4.78, 5) is 22.7. The van der Waals surface area contributed by atoms with Gasteiger partial charge >= 0.3 is 0 Å². The Labute approximate surface area is 77.3 Å². The first-order valence-corrected chi connectivity index (χ1v) is 4.77. The molecule has 0 aromatic carbocycles. The van der Waals surface area contributed by atoms with Gasteiger partial charge in [-0.1, -0.05) is 0 Å². The van der Waals surface area contributed by atoms with Gasteiger partial charge < -0.3 is 0 Å². The molecule has 0 aliphatic heterocycles. The molecule has 0 unspecified atom stereocenters. The Morgan fingerprint density at radius 1 is 1.33 bits per heavy atom. The second-order valence-electron chi connectivity index (χ2n) is 3.47. The lowest BCUT2D eigenvalue weighted by Gasteiger charge is -2.18. The van der Waals surface area contributed by atoms with Gasteiger partial charge in [-0.15, -0.1) is 11.6 Å². The molecule has 0 heterocycles. The number of carbonyl (C=O) groups is 2. The first-order chi connectivity index (χ1) is 5.61. The van der Waals surface area contributed by atoms with Crippen LogP contribution in [0.5, 0.6) is 0 Å². The molecule has 0 N–H and O–H groups in total. The van der Waals surface area contributed by atoms with Crippen LogP contribution in [-0.4, -0.2) is 17.4 Å². The summed E-state index contributed by atoms with van der Waals surface area (Å²) in [6.07, 6.45) is 2.22. The van der Waals surface area contributed by atoms with E-state index >= 15 is 0 Å². The van der Waals surface area contributed by atoms with Crippen molar-refractivity contribution in [2.75, 3.05) is 5.88 Å². The molecule has 1 aliphatic rings. The Morgan fingerprint density at radius 3 is 2.25 bits per heavy atom. The van der Waals surface area contributed by atoms with E-state index in [-0.39, 0.29) is 11.6 Å². The number of hydrogen-bond acceptors (Lipinski definition) is 2. The van der Waals surface area contributed by atoms with Crippen LogP contribution >= 0.6 is 11.6 Å². The maximum Gasteiger partial charge on any atom is 0.146 e. The zero-order valence-corrected chi connectivity index (χ0v) is 7.99. The molecule has 0 amide bonds. The van der Waals surface area contributed by atoms with Gasteiger partial charge in [0.15, 0.2) is 0 Å². The summed E-state index contributed by atoms with van der Waals surface area (Å²) in [5.74, 6) is 0.714. The van der Waals surface area contributed by atoms with Crippen LogP contribution in [0.4, 0.5) is 0 Å². The van der Waals surface area contributed by atoms with E-state index in [1.807, 2.05) is 0 Å². The Morgan fingerprint density at radius 2 is 1.83 bits per heavy atom. The molecule has 0 aromatic rings. The summed E-state index contributed by atoms with van der Waals surface area (Å²) < 4.78 is 0. The fraction of sp³-hybridized carbons (Fsp3) is 0.778. The third-order valence-corrected chi connectivity index (χ3v) is 2.89. The number of halogens is 1. The smallest absolute Gasteiger partial charge is 0.146 e. The van der Waals surface area contributed by atoms with Gasteiger partial charge in [0, 0.05) is 18.7 Å². The van der Waals surface area contributed by atoms with E-state index in [2.05, 4.69) is 0 Å². The van der Waals surface area contributed by atoms with Crippen molar-refractivity contribution >= 4 is 23.2 Å². The molecule has 0 saturated heterocycles. The van der Waals surface area contributed by atoms with Gasteiger partial charge in [0.2, 0.25) is 0 Å². The molecule has 0 aromatic heterocycles. The van der Waals surface area contributed by atoms with Crippen LogP contribution in [0.15, 0.2) is 0 Å². The van der Waals surface area contributed by atoms with Crippen molar-refractivity contribution < 1.29 is 9.59 Å². The lowest BCUT2D eigenvalue weighted by atomic mass is 9.82. The molecule has 12 heavy (non-hydrogen) atoms. The van der Waals surface area contributed by atoms with E-state index < -0.39 is 5.41 Å². The van der Waals surface area contributed by atoms with Crippen LogP contribution < -0.4 is 0 Å². The van der Waals surface area contributed by atoms with Crippen molar-refractivity contribution in [3.63, 3.8) is 0 Å². The van der Waals surface area contributed by atoms with Gasteiger partial charge in [-0.05, 0) is 19.8 Å². The van der Waals surface area contributed by atoms with Crippen LogP contribution in [0, 0.1) is 5.41 Å². The predicted octanol–water partition coefficient (Wildman–Crippen LogP) is 1.94. The molecular weight excluding hydrogens is 176 g/mol. The van der Waals surface area contributed by atoms with E-state index in [1.165, 1.54) is 0 Å². The molecule has 68 valence electrons. The third-order valence-electron chi connectivity index (χ3n) is 2.62. The monoisotopic (exact) mass is 188 g/mol. The van der Waals surface area contributed by atoms with Crippen molar-refractivity contribution in [3.05, 3.63) is 0 Å². The van der Waals surface area contributed by atoms with Gasteiger partial charge in [0.05, 0.1) is 5.41 Å². The second-order valence-corrected chi connectivity index (χ2v) is 3.85. The normalized spacial score (nSPS) is 21.8. The quantitative estimate of drug-likeness (QED) is 0.501. The van der Waals surface area contributed by atoms with Crippen LogP contribution in [0.25, 0.3) is 0 Å². The molecular formula is C9H13ClO2. The summed E-state index contributed by atoms with van der Waals surface area (Å²) >= 11 is 5.51. The second kappa shape index (κ2) is 3.56. The summed E-state index contributed by atoms with van der Waals surface area (Å²) in [6.45, 7) is 1.75. The summed E-state index contributed by atoms with van der Waals surface area (Å²) in [5, 5.41) is 0. The number of Topliss-reactive ketones (excluding diaryl/α,β-unsaturated/α-hetero) is 2. The van der Waals surface area contributed by atoms with E-state index in [0.717, 1.165) is 6.42 Å². The van der Waals surface area contributed by atoms with Crippen LogP contribution in [-0.2, 0) is 9.59 Å². The fourth-order valence-electron chi connectivity index (χ4n) is 1.63. The summed E-state index contributed by atoms with van der Waals surface area (Å²) in [5.41, 5.74) is -0.700. The van der Waals surface area contributed by atoms with Gasteiger partial charge in [-0.3, -0.25) is 9.59 Å². The van der Waals surface area contributed by atoms with E-state index in [9.17, 15) is 9.59 Å². The van der Waals surface area contributed by atoms with Crippen LogP contribution in [0.1, 0.15) is 32.6 Å². The van der Waals surface area contributed by atoms with Crippen LogP contribution in [0.2, 0.25) is 0 Å². The van der Waals surface area contributed by atoms with E-state index in [1.54, 1.807) is 6.92 Å². The van der Waals surface area contributed by atoms with Crippen molar-refractivity contribution in [2.45, 2.75) is 32.6 Å². The lowest BCUT2D eigenvalue weighted by molar-refractivity contribution is -0.134. The number of hydrogen-bond donors (Lipinski definition) is 0. The molecule has 3 heteroatoms. The standard InChI is InChI=1S/C9H13ClO2/c1-9(5-2-6-10)7(11)3-4-8(9)12/h2-6H2,1H3. The van der Waals surface area contributed by atoms with Gasteiger partial charge in [0.25, 0.3) is 0 Å². The fourth-order valence-corrected chi connectivity index (χ4v) is 1.77. The first-order valence-electron chi connectivity index (χ1n) is 4.24. The summed E-state index contributed by atoms with van der Waals surface area (Å²) in [7, 11) is 0. The highest BCUT2D eigenvalue weighted by atomic mass is 35.5. The van der Waals surface area contributed by atoms with Crippen molar-refractivity contribution in [1.82, 2.24) is 0 Å². The average Bonchev–Trinajstić information content (AvgIpc) is 2.30. The Bertz CT molecular complexity index is 195. The number of ketones is 2. The van der Waals surface area contributed by atoms with E-state index in [4.69, 9.17) is 11.6 Å². The molecule has 0 spiro atoms. The Kier molecular flexibility index (Phi) is 2.89. The van der Waals surface area contributed by atoms with Gasteiger partial charge in [-0.25, -0.2) is 0 Å². The van der Waals surface area contributed by atoms with E-state index in [0.29, 0.717) is 25.1 Å². The van der Waals surface area contributed by atoms with Crippen molar-refractivity contribution in [2.24, 2.45) is 5.41 Å². The molecule has 0 radical (unpaired) electrons. The molecule has 1 fully saturated rings. The van der Waals surface area contributed by atoms with Gasteiger partial charge in [0.1, 0.15) is 11.6 Å². The molecule has 0 bridgehead atoms. The maximum atomic E-state index is 11.3. The SMILES string of the molecule is CC1(CCCCl)C(=O)CCC1=O. The molecule has 2 nitrogen and oxygen atoms in total. The van der Waals surface area contributed by atoms with Crippen LogP contribution in [0.3, 0.4) is 0 Å². The zero-order chi connectivity index (χ0) is 9.19.